The molecule has 1 aromatic rings. The van der Waals surface area contributed by atoms with E-state index in [2.05, 4.69) is 20.9 Å². The number of rotatable bonds is 3. The van der Waals surface area contributed by atoms with Crippen molar-refractivity contribution in [3.8, 4) is 0 Å². The zero-order chi connectivity index (χ0) is 13.8. The Balaban J connectivity index is 2.13. The standard InChI is InChI=1S/C14H20BrN3O/c1-18(13-5-3-2-4-10(13)7-16)14(19)11-6-12(15)9-17-8-11/h6,8-10,13H,2-5,7,16H2,1H3. The van der Waals surface area contributed by atoms with E-state index in [0.29, 0.717) is 18.0 Å². The number of hydrogen-bond donors (Lipinski definition) is 1. The molecule has 2 atom stereocenters. The summed E-state index contributed by atoms with van der Waals surface area (Å²) in [6.45, 7) is 0.652. The van der Waals surface area contributed by atoms with E-state index in [4.69, 9.17) is 5.73 Å². The van der Waals surface area contributed by atoms with E-state index in [9.17, 15) is 4.79 Å². The van der Waals surface area contributed by atoms with Gasteiger partial charge in [0.2, 0.25) is 0 Å². The largest absolute Gasteiger partial charge is 0.338 e. The van der Waals surface area contributed by atoms with E-state index in [1.807, 2.05) is 18.0 Å². The predicted molar refractivity (Wildman–Crippen MR) is 78.8 cm³/mol. The third kappa shape index (κ3) is 3.34. The first-order valence-electron chi connectivity index (χ1n) is 6.71. The van der Waals surface area contributed by atoms with E-state index in [0.717, 1.165) is 17.3 Å². The van der Waals surface area contributed by atoms with Gasteiger partial charge in [-0.05, 0) is 47.3 Å². The average Bonchev–Trinajstić information content (AvgIpc) is 2.45. The van der Waals surface area contributed by atoms with E-state index in [-0.39, 0.29) is 11.9 Å². The number of pyridine rings is 1. The van der Waals surface area contributed by atoms with Crippen LogP contribution in [0, 0.1) is 5.92 Å². The smallest absolute Gasteiger partial charge is 0.255 e. The third-order valence-corrected chi connectivity index (χ3v) is 4.38. The van der Waals surface area contributed by atoms with Gasteiger partial charge >= 0.3 is 0 Å². The summed E-state index contributed by atoms with van der Waals surface area (Å²) < 4.78 is 0.825. The fourth-order valence-electron chi connectivity index (χ4n) is 2.86. The Labute approximate surface area is 122 Å². The molecule has 0 radical (unpaired) electrons. The lowest BCUT2D eigenvalue weighted by molar-refractivity contribution is 0.0620. The fraction of sp³-hybridized carbons (Fsp3) is 0.571. The summed E-state index contributed by atoms with van der Waals surface area (Å²) in [7, 11) is 1.88. The third-order valence-electron chi connectivity index (χ3n) is 3.94. The average molecular weight is 326 g/mol. The topological polar surface area (TPSA) is 59.2 Å². The van der Waals surface area contributed by atoms with Crippen molar-refractivity contribution in [1.29, 1.82) is 0 Å². The van der Waals surface area contributed by atoms with Crippen molar-refractivity contribution >= 4 is 21.8 Å². The van der Waals surface area contributed by atoms with Crippen LogP contribution < -0.4 is 5.73 Å². The van der Waals surface area contributed by atoms with Gasteiger partial charge in [0.15, 0.2) is 0 Å². The highest BCUT2D eigenvalue weighted by molar-refractivity contribution is 9.10. The first-order chi connectivity index (χ1) is 9.13. The van der Waals surface area contributed by atoms with Gasteiger partial charge in [-0.25, -0.2) is 0 Å². The lowest BCUT2D eigenvalue weighted by Crippen LogP contribution is -2.45. The molecule has 1 aliphatic carbocycles. The highest BCUT2D eigenvalue weighted by atomic mass is 79.9. The van der Waals surface area contributed by atoms with Crippen LogP contribution in [-0.2, 0) is 0 Å². The summed E-state index contributed by atoms with van der Waals surface area (Å²) >= 11 is 3.35. The Hall–Kier alpha value is -0.940. The summed E-state index contributed by atoms with van der Waals surface area (Å²) in [5.74, 6) is 0.446. The maximum Gasteiger partial charge on any atom is 0.255 e. The molecule has 2 unspecified atom stereocenters. The van der Waals surface area contributed by atoms with E-state index in [1.165, 1.54) is 12.8 Å². The molecule has 0 aliphatic heterocycles. The normalized spacial score (nSPS) is 23.1. The van der Waals surface area contributed by atoms with Crippen LogP contribution in [0.3, 0.4) is 0 Å². The molecule has 0 aromatic carbocycles. The SMILES string of the molecule is CN(C(=O)c1cncc(Br)c1)C1CCCCC1CN. The second-order valence-corrected chi connectivity index (χ2v) is 6.07. The van der Waals surface area contributed by atoms with Crippen LogP contribution >= 0.6 is 15.9 Å². The second kappa shape index (κ2) is 6.48. The van der Waals surface area contributed by atoms with Crippen LogP contribution in [0.2, 0.25) is 0 Å². The minimum absolute atomic E-state index is 0.0270. The Morgan fingerprint density at radius 2 is 2.21 bits per heavy atom. The monoisotopic (exact) mass is 325 g/mol. The van der Waals surface area contributed by atoms with Crippen LogP contribution in [-0.4, -0.2) is 35.4 Å². The minimum Gasteiger partial charge on any atom is -0.338 e. The van der Waals surface area contributed by atoms with Crippen LogP contribution in [0.4, 0.5) is 0 Å². The van der Waals surface area contributed by atoms with Gasteiger partial charge in [0.25, 0.3) is 5.91 Å². The van der Waals surface area contributed by atoms with Crippen LogP contribution in [0.5, 0.6) is 0 Å². The minimum atomic E-state index is 0.0270. The van der Waals surface area contributed by atoms with E-state index >= 15 is 0 Å². The lowest BCUT2D eigenvalue weighted by Gasteiger charge is -2.37. The lowest BCUT2D eigenvalue weighted by atomic mass is 9.83. The molecule has 1 saturated carbocycles. The van der Waals surface area contributed by atoms with Gasteiger partial charge in [-0.1, -0.05) is 12.8 Å². The molecule has 1 aliphatic rings. The molecule has 104 valence electrons. The van der Waals surface area contributed by atoms with Gasteiger partial charge in [0.1, 0.15) is 0 Å². The van der Waals surface area contributed by atoms with Gasteiger partial charge in [0.05, 0.1) is 5.56 Å². The zero-order valence-electron chi connectivity index (χ0n) is 11.2. The fourth-order valence-corrected chi connectivity index (χ4v) is 3.22. The first kappa shape index (κ1) is 14.5. The molecular weight excluding hydrogens is 306 g/mol. The van der Waals surface area contributed by atoms with Gasteiger partial charge in [-0.2, -0.15) is 0 Å². The summed E-state index contributed by atoms with van der Waals surface area (Å²) in [6.07, 6.45) is 7.86. The Kier molecular flexibility index (Phi) is 4.93. The molecule has 1 amide bonds. The van der Waals surface area contributed by atoms with Crippen LogP contribution in [0.15, 0.2) is 22.9 Å². The molecule has 0 spiro atoms. The van der Waals surface area contributed by atoms with Crippen molar-refractivity contribution in [2.24, 2.45) is 11.7 Å². The van der Waals surface area contributed by atoms with Crippen molar-refractivity contribution in [1.82, 2.24) is 9.88 Å². The highest BCUT2D eigenvalue weighted by Crippen LogP contribution is 2.28. The maximum absolute atomic E-state index is 12.5. The van der Waals surface area contributed by atoms with Crippen molar-refractivity contribution in [3.05, 3.63) is 28.5 Å². The van der Waals surface area contributed by atoms with Gasteiger partial charge in [-0.15, -0.1) is 0 Å². The summed E-state index contributed by atoms with van der Waals surface area (Å²) in [5.41, 5.74) is 6.46. The zero-order valence-corrected chi connectivity index (χ0v) is 12.8. The van der Waals surface area contributed by atoms with Gasteiger partial charge in [0, 0.05) is 30.0 Å². The predicted octanol–water partition coefficient (Wildman–Crippen LogP) is 2.43. The summed E-state index contributed by atoms with van der Waals surface area (Å²) in [6, 6.07) is 2.07. The molecule has 19 heavy (non-hydrogen) atoms. The number of hydrogen-bond acceptors (Lipinski definition) is 3. The number of carbonyl (C=O) groups excluding carboxylic acids is 1. The van der Waals surface area contributed by atoms with Crippen molar-refractivity contribution in [2.75, 3.05) is 13.6 Å². The maximum atomic E-state index is 12.5. The summed E-state index contributed by atoms with van der Waals surface area (Å²) in [4.78, 5) is 18.4. The number of aromatic nitrogens is 1. The number of nitrogens with two attached hydrogens (primary N) is 1. The molecule has 4 nitrogen and oxygen atoms in total. The van der Waals surface area contributed by atoms with Crippen LogP contribution in [0.25, 0.3) is 0 Å². The van der Waals surface area contributed by atoms with Crippen LogP contribution in [0.1, 0.15) is 36.0 Å². The van der Waals surface area contributed by atoms with Gasteiger partial charge in [-0.3, -0.25) is 9.78 Å². The molecule has 1 aromatic heterocycles. The molecule has 2 N–H and O–H groups in total. The second-order valence-electron chi connectivity index (χ2n) is 5.16. The number of nitrogens with zero attached hydrogens (tertiary/aromatic N) is 2. The van der Waals surface area contributed by atoms with Crippen molar-refractivity contribution < 1.29 is 4.79 Å². The van der Waals surface area contributed by atoms with E-state index in [1.54, 1.807) is 12.4 Å². The molecule has 1 heterocycles. The highest BCUT2D eigenvalue weighted by Gasteiger charge is 2.30. The Bertz CT molecular complexity index is 452. The molecular formula is C14H20BrN3O. The molecule has 2 rings (SSSR count). The number of carbonyl (C=O) groups is 1. The Morgan fingerprint density at radius 1 is 1.47 bits per heavy atom. The molecule has 5 heteroatoms. The first-order valence-corrected chi connectivity index (χ1v) is 7.50. The number of halogens is 1. The molecule has 0 bridgehead atoms. The van der Waals surface area contributed by atoms with Crippen molar-refractivity contribution in [3.63, 3.8) is 0 Å². The molecule has 0 saturated heterocycles. The molecule has 1 fully saturated rings. The Morgan fingerprint density at radius 3 is 2.89 bits per heavy atom. The van der Waals surface area contributed by atoms with Gasteiger partial charge < -0.3 is 10.6 Å². The summed E-state index contributed by atoms with van der Waals surface area (Å²) in [5, 5.41) is 0. The quantitative estimate of drug-likeness (QED) is 0.928. The van der Waals surface area contributed by atoms with E-state index < -0.39 is 0 Å². The van der Waals surface area contributed by atoms with Crippen molar-refractivity contribution in [2.45, 2.75) is 31.7 Å². The number of amides is 1.